The zero-order valence-electron chi connectivity index (χ0n) is 18.1. The number of nitrogens with one attached hydrogen (secondary N) is 1. The van der Waals surface area contributed by atoms with Gasteiger partial charge in [-0.2, -0.15) is 0 Å². The fourth-order valence-corrected chi connectivity index (χ4v) is 4.44. The van der Waals surface area contributed by atoms with Crippen LogP contribution in [-0.2, 0) is 16.1 Å². The second kappa shape index (κ2) is 8.73. The predicted molar refractivity (Wildman–Crippen MR) is 116 cm³/mol. The molecule has 3 rings (SSSR count). The van der Waals surface area contributed by atoms with E-state index in [1.807, 2.05) is 37.6 Å². The van der Waals surface area contributed by atoms with Crippen molar-refractivity contribution in [3.05, 3.63) is 40.5 Å². The molecule has 1 fully saturated rings. The molecular weight excluding hydrogens is 402 g/mol. The minimum atomic E-state index is -0.741. The number of nitrogens with zero attached hydrogens (tertiary/aromatic N) is 2. The highest BCUT2D eigenvalue weighted by Gasteiger charge is 2.40. The number of thiazole rings is 1. The van der Waals surface area contributed by atoms with E-state index in [4.69, 9.17) is 4.74 Å². The molecule has 0 bridgehead atoms. The number of amides is 2. The van der Waals surface area contributed by atoms with E-state index in [1.165, 1.54) is 4.90 Å². The Bertz CT molecular complexity index is 935. The molecule has 0 radical (unpaired) electrons. The first-order valence-corrected chi connectivity index (χ1v) is 10.9. The second-order valence-corrected chi connectivity index (χ2v) is 9.53. The third kappa shape index (κ3) is 5.17. The molecule has 162 valence electrons. The molecule has 2 atom stereocenters. The predicted octanol–water partition coefficient (Wildman–Crippen LogP) is 3.41. The van der Waals surface area contributed by atoms with E-state index in [9.17, 15) is 14.7 Å². The van der Waals surface area contributed by atoms with Crippen molar-refractivity contribution in [3.63, 3.8) is 0 Å². The largest absolute Gasteiger partial charge is 0.444 e. The van der Waals surface area contributed by atoms with Gasteiger partial charge in [0, 0.05) is 13.0 Å². The minimum absolute atomic E-state index is 0.0923. The Morgan fingerprint density at radius 3 is 2.67 bits per heavy atom. The average Bonchev–Trinajstić information content (AvgIpc) is 3.24. The van der Waals surface area contributed by atoms with Crippen LogP contribution in [0.2, 0.25) is 0 Å². The molecule has 2 heterocycles. The lowest BCUT2D eigenvalue weighted by atomic mass is 10.0. The lowest BCUT2D eigenvalue weighted by molar-refractivity contribution is -0.125. The number of hydrogen-bond acceptors (Lipinski definition) is 6. The third-order valence-corrected chi connectivity index (χ3v) is 5.92. The van der Waals surface area contributed by atoms with Crippen molar-refractivity contribution in [2.75, 3.05) is 6.54 Å². The Morgan fingerprint density at radius 1 is 1.33 bits per heavy atom. The monoisotopic (exact) mass is 431 g/mol. The quantitative estimate of drug-likeness (QED) is 0.774. The molecule has 30 heavy (non-hydrogen) atoms. The second-order valence-electron chi connectivity index (χ2n) is 8.67. The molecule has 0 saturated carbocycles. The molecule has 1 aromatic carbocycles. The maximum Gasteiger partial charge on any atom is 0.411 e. The van der Waals surface area contributed by atoms with E-state index in [0.717, 1.165) is 27.3 Å². The van der Waals surface area contributed by atoms with Gasteiger partial charge in [0.2, 0.25) is 5.91 Å². The van der Waals surface area contributed by atoms with Crippen LogP contribution in [0.3, 0.4) is 0 Å². The first-order valence-electron chi connectivity index (χ1n) is 10.0. The highest BCUT2D eigenvalue weighted by molar-refractivity contribution is 7.13. The van der Waals surface area contributed by atoms with Gasteiger partial charge in [0.05, 0.1) is 28.7 Å². The number of aliphatic hydroxyl groups is 1. The van der Waals surface area contributed by atoms with E-state index in [0.29, 0.717) is 6.54 Å². The normalized spacial score (nSPS) is 19.1. The van der Waals surface area contributed by atoms with Gasteiger partial charge in [-0.3, -0.25) is 9.69 Å². The van der Waals surface area contributed by atoms with Crippen molar-refractivity contribution >= 4 is 23.3 Å². The van der Waals surface area contributed by atoms with Gasteiger partial charge in [-0.05, 0) is 51.3 Å². The molecule has 1 aliphatic rings. The smallest absolute Gasteiger partial charge is 0.411 e. The number of rotatable bonds is 4. The van der Waals surface area contributed by atoms with Crippen LogP contribution in [0.5, 0.6) is 0 Å². The molecule has 2 N–H and O–H groups in total. The van der Waals surface area contributed by atoms with Crippen LogP contribution in [0.4, 0.5) is 4.79 Å². The van der Waals surface area contributed by atoms with Gasteiger partial charge in [0.25, 0.3) is 0 Å². The van der Waals surface area contributed by atoms with Gasteiger partial charge >= 0.3 is 6.09 Å². The summed E-state index contributed by atoms with van der Waals surface area (Å²) in [6.45, 7) is 9.78. The number of carbonyl (C=O) groups excluding carboxylic acids is 2. The van der Waals surface area contributed by atoms with Gasteiger partial charge in [-0.15, -0.1) is 11.3 Å². The fourth-order valence-electron chi connectivity index (χ4n) is 3.54. The lowest BCUT2D eigenvalue weighted by Crippen LogP contribution is -2.47. The summed E-state index contributed by atoms with van der Waals surface area (Å²) in [4.78, 5) is 31.9. The number of aromatic nitrogens is 1. The summed E-state index contributed by atoms with van der Waals surface area (Å²) in [7, 11) is 0. The number of β-amino-alcohol motifs (C(OH)–C–C–N with tert-alkyl or cyclic N) is 1. The third-order valence-electron chi connectivity index (χ3n) is 4.96. The Morgan fingerprint density at radius 2 is 2.07 bits per heavy atom. The highest BCUT2D eigenvalue weighted by Crippen LogP contribution is 2.30. The van der Waals surface area contributed by atoms with E-state index in [1.54, 1.807) is 32.1 Å². The summed E-state index contributed by atoms with van der Waals surface area (Å²) < 4.78 is 5.38. The summed E-state index contributed by atoms with van der Waals surface area (Å²) in [6.07, 6.45) is -1.12. The first kappa shape index (κ1) is 22.2. The first-order chi connectivity index (χ1) is 14.0. The molecule has 2 amide bonds. The van der Waals surface area contributed by atoms with Gasteiger partial charge in [0.15, 0.2) is 0 Å². The number of hydrogen-bond donors (Lipinski definition) is 2. The van der Waals surface area contributed by atoms with Gasteiger partial charge in [-0.25, -0.2) is 9.78 Å². The zero-order chi connectivity index (χ0) is 22.1. The zero-order valence-corrected chi connectivity index (χ0v) is 18.9. The van der Waals surface area contributed by atoms with Crippen molar-refractivity contribution in [3.8, 4) is 10.4 Å². The molecule has 1 aromatic heterocycles. The molecule has 0 aliphatic carbocycles. The molecule has 1 aliphatic heterocycles. The molecule has 8 heteroatoms. The summed E-state index contributed by atoms with van der Waals surface area (Å²) >= 11 is 1.61. The van der Waals surface area contributed by atoms with Gasteiger partial charge in [-0.1, -0.05) is 18.2 Å². The molecular formula is C22H29N3O4S. The van der Waals surface area contributed by atoms with Crippen LogP contribution >= 0.6 is 11.3 Å². The SMILES string of the molecule is Cc1cc(CNC(=O)[C@@H]2C[C@@H](O)CN2C(=O)OC(C)(C)C)ccc1-c1scnc1C. The summed E-state index contributed by atoms with van der Waals surface area (Å²) in [5.41, 5.74) is 5.40. The fraction of sp³-hybridized carbons (Fsp3) is 0.500. The van der Waals surface area contributed by atoms with Crippen molar-refractivity contribution in [1.29, 1.82) is 0 Å². The number of likely N-dealkylation sites (tertiary alicyclic amines) is 1. The van der Waals surface area contributed by atoms with Crippen LogP contribution in [-0.4, -0.2) is 51.3 Å². The van der Waals surface area contributed by atoms with Gasteiger partial charge < -0.3 is 15.2 Å². The van der Waals surface area contributed by atoms with Crippen LogP contribution < -0.4 is 5.32 Å². The molecule has 1 saturated heterocycles. The topological polar surface area (TPSA) is 91.8 Å². The van der Waals surface area contributed by atoms with Crippen LogP contribution in [0.25, 0.3) is 10.4 Å². The minimum Gasteiger partial charge on any atom is -0.444 e. The average molecular weight is 432 g/mol. The number of ether oxygens (including phenoxy) is 1. The Balaban J connectivity index is 1.65. The highest BCUT2D eigenvalue weighted by atomic mass is 32.1. The standard InChI is InChI=1S/C22H29N3O4S/c1-13-8-15(6-7-17(13)19-14(2)24-12-30-19)10-23-20(27)18-9-16(26)11-25(18)21(28)29-22(3,4)5/h6-8,12,16,18,26H,9-11H2,1-5H3,(H,23,27)/t16-,18+/m1/s1. The maximum absolute atomic E-state index is 12.7. The molecule has 0 spiro atoms. The van der Waals surface area contributed by atoms with E-state index in [2.05, 4.69) is 10.3 Å². The van der Waals surface area contributed by atoms with E-state index >= 15 is 0 Å². The van der Waals surface area contributed by atoms with Gasteiger partial charge in [0.1, 0.15) is 11.6 Å². The number of aliphatic hydroxyl groups excluding tert-OH is 1. The van der Waals surface area contributed by atoms with E-state index in [-0.39, 0.29) is 18.9 Å². The maximum atomic E-state index is 12.7. The molecule has 2 aromatic rings. The number of carbonyl (C=O) groups is 2. The lowest BCUT2D eigenvalue weighted by Gasteiger charge is -2.27. The molecule has 0 unspecified atom stereocenters. The number of benzene rings is 1. The van der Waals surface area contributed by atoms with Crippen LogP contribution in [0.1, 0.15) is 44.0 Å². The summed E-state index contributed by atoms with van der Waals surface area (Å²) in [5, 5.41) is 12.9. The van der Waals surface area contributed by atoms with Crippen molar-refractivity contribution in [1.82, 2.24) is 15.2 Å². The van der Waals surface area contributed by atoms with Crippen molar-refractivity contribution in [2.24, 2.45) is 0 Å². The molecule has 7 nitrogen and oxygen atoms in total. The summed E-state index contributed by atoms with van der Waals surface area (Å²) in [6, 6.07) is 5.33. The van der Waals surface area contributed by atoms with E-state index < -0.39 is 23.8 Å². The Labute approximate surface area is 181 Å². The Hall–Kier alpha value is -2.45. The summed E-state index contributed by atoms with van der Waals surface area (Å²) in [5.74, 6) is -0.294. The number of aryl methyl sites for hydroxylation is 2. The van der Waals surface area contributed by atoms with Crippen LogP contribution in [0, 0.1) is 13.8 Å². The van der Waals surface area contributed by atoms with Crippen molar-refractivity contribution in [2.45, 2.75) is 65.3 Å². The Kier molecular flexibility index (Phi) is 6.47. The van der Waals surface area contributed by atoms with Crippen LogP contribution in [0.15, 0.2) is 23.7 Å². The van der Waals surface area contributed by atoms with Crippen molar-refractivity contribution < 1.29 is 19.4 Å².